The van der Waals surface area contributed by atoms with Gasteiger partial charge in [-0.1, -0.05) is 12.1 Å². The van der Waals surface area contributed by atoms with E-state index in [1.54, 1.807) is 12.1 Å². The van der Waals surface area contributed by atoms with E-state index in [0.29, 0.717) is 6.42 Å². The molecule has 1 heterocycles. The summed E-state index contributed by atoms with van der Waals surface area (Å²) in [5.41, 5.74) is -3.38. The molecule has 1 fully saturated rings. The van der Waals surface area contributed by atoms with Gasteiger partial charge in [0.2, 0.25) is 0 Å². The van der Waals surface area contributed by atoms with Crippen LogP contribution in [0.3, 0.4) is 0 Å². The number of hydrogen-bond donors (Lipinski definition) is 1. The molecule has 1 aromatic carbocycles. The summed E-state index contributed by atoms with van der Waals surface area (Å²) in [5.74, 6) is 0. The Kier molecular flexibility index (Phi) is 5.51. The van der Waals surface area contributed by atoms with Gasteiger partial charge in [-0.3, -0.25) is 4.90 Å². The molecule has 0 bridgehead atoms. The van der Waals surface area contributed by atoms with Crippen LogP contribution in [0, 0.1) is 11.3 Å². The summed E-state index contributed by atoms with van der Waals surface area (Å²) in [7, 11) is 0. The van der Waals surface area contributed by atoms with Gasteiger partial charge in [0.15, 0.2) is 0 Å². The molecule has 21 heavy (non-hydrogen) atoms. The number of rotatable bonds is 4. The van der Waals surface area contributed by atoms with E-state index in [4.69, 9.17) is 5.26 Å². The number of thioether (sulfide) groups is 1. The van der Waals surface area contributed by atoms with Gasteiger partial charge in [-0.15, -0.1) is 0 Å². The highest BCUT2D eigenvalue weighted by Gasteiger charge is 2.29. The van der Waals surface area contributed by atoms with Crippen molar-refractivity contribution in [2.75, 3.05) is 26.2 Å². The maximum atomic E-state index is 12.3. The van der Waals surface area contributed by atoms with Crippen molar-refractivity contribution in [1.82, 2.24) is 10.2 Å². The van der Waals surface area contributed by atoms with Gasteiger partial charge in [0.1, 0.15) is 0 Å². The lowest BCUT2D eigenvalue weighted by molar-refractivity contribution is -0.0328. The van der Waals surface area contributed by atoms with Gasteiger partial charge in [-0.2, -0.15) is 18.4 Å². The Bertz CT molecular complexity index is 490. The zero-order valence-electron chi connectivity index (χ0n) is 11.4. The second-order valence-electron chi connectivity index (χ2n) is 4.78. The minimum atomic E-state index is -4.27. The van der Waals surface area contributed by atoms with Crippen molar-refractivity contribution in [3.05, 3.63) is 29.8 Å². The molecule has 0 aromatic heterocycles. The van der Waals surface area contributed by atoms with E-state index in [2.05, 4.69) is 16.3 Å². The number of nitriles is 1. The maximum Gasteiger partial charge on any atom is 0.446 e. The van der Waals surface area contributed by atoms with E-state index >= 15 is 0 Å². The van der Waals surface area contributed by atoms with Gasteiger partial charge >= 0.3 is 5.51 Å². The normalized spacial score (nSPS) is 18.2. The predicted octanol–water partition coefficient (Wildman–Crippen LogP) is 3.16. The second kappa shape index (κ2) is 7.16. The Morgan fingerprint density at radius 1 is 1.24 bits per heavy atom. The molecule has 0 radical (unpaired) electrons. The number of nitrogens with one attached hydrogen (secondary N) is 1. The van der Waals surface area contributed by atoms with E-state index in [-0.39, 0.29) is 22.7 Å². The van der Waals surface area contributed by atoms with Gasteiger partial charge in [0.25, 0.3) is 0 Å². The van der Waals surface area contributed by atoms with Crippen LogP contribution in [-0.4, -0.2) is 36.6 Å². The average Bonchev–Trinajstić information content (AvgIpc) is 2.45. The third kappa shape index (κ3) is 4.92. The lowest BCUT2D eigenvalue weighted by Gasteiger charge is -2.34. The first kappa shape index (κ1) is 16.1. The predicted molar refractivity (Wildman–Crippen MR) is 75.8 cm³/mol. The molecule has 7 heteroatoms. The molecule has 114 valence electrons. The van der Waals surface area contributed by atoms with E-state index < -0.39 is 5.51 Å². The SMILES string of the molecule is N#CC[C@H](c1ccc(SC(F)(F)F)cc1)N1CCNCC1. The summed E-state index contributed by atoms with van der Waals surface area (Å²) < 4.78 is 37.0. The molecule has 2 rings (SSSR count). The van der Waals surface area contributed by atoms with Crippen molar-refractivity contribution in [1.29, 1.82) is 5.26 Å². The average molecular weight is 315 g/mol. The van der Waals surface area contributed by atoms with Crippen molar-refractivity contribution in [3.63, 3.8) is 0 Å². The molecule has 1 aliphatic heterocycles. The molecule has 1 N–H and O–H groups in total. The van der Waals surface area contributed by atoms with Crippen molar-refractivity contribution < 1.29 is 13.2 Å². The van der Waals surface area contributed by atoms with Gasteiger partial charge in [0.05, 0.1) is 12.5 Å². The number of hydrogen-bond acceptors (Lipinski definition) is 4. The lowest BCUT2D eigenvalue weighted by atomic mass is 10.0. The summed E-state index contributed by atoms with van der Waals surface area (Å²) in [6.07, 6.45) is 0.339. The van der Waals surface area contributed by atoms with Crippen LogP contribution < -0.4 is 5.32 Å². The molecule has 0 spiro atoms. The summed E-state index contributed by atoms with van der Waals surface area (Å²) in [5, 5.41) is 12.2. The quantitative estimate of drug-likeness (QED) is 0.866. The Labute approximate surface area is 126 Å². The zero-order chi connectivity index (χ0) is 15.3. The molecule has 1 atom stereocenters. The lowest BCUT2D eigenvalue weighted by Crippen LogP contribution is -2.45. The van der Waals surface area contributed by atoms with Crippen molar-refractivity contribution in [2.24, 2.45) is 0 Å². The number of halogens is 3. The molecular weight excluding hydrogens is 299 g/mol. The fourth-order valence-electron chi connectivity index (χ4n) is 2.43. The molecule has 1 aromatic rings. The first-order chi connectivity index (χ1) is 9.99. The topological polar surface area (TPSA) is 39.1 Å². The summed E-state index contributed by atoms with van der Waals surface area (Å²) in [4.78, 5) is 2.37. The first-order valence-corrected chi connectivity index (χ1v) is 7.48. The minimum Gasteiger partial charge on any atom is -0.314 e. The van der Waals surface area contributed by atoms with Crippen LogP contribution in [0.15, 0.2) is 29.2 Å². The standard InChI is InChI=1S/C14H16F3N3S/c15-14(16,17)21-12-3-1-11(2-4-12)13(5-6-18)20-9-7-19-8-10-20/h1-4,13,19H,5,7-10H2/t13-/m1/s1. The van der Waals surface area contributed by atoms with Crippen molar-refractivity contribution in [2.45, 2.75) is 22.9 Å². The van der Waals surface area contributed by atoms with E-state index in [1.807, 2.05) is 0 Å². The Balaban J connectivity index is 2.11. The van der Waals surface area contributed by atoms with E-state index in [0.717, 1.165) is 31.7 Å². The fourth-order valence-corrected chi connectivity index (χ4v) is 2.97. The van der Waals surface area contributed by atoms with Crippen LogP contribution in [-0.2, 0) is 0 Å². The highest BCUT2D eigenvalue weighted by molar-refractivity contribution is 8.00. The van der Waals surface area contributed by atoms with Gasteiger partial charge in [0, 0.05) is 37.1 Å². The van der Waals surface area contributed by atoms with E-state index in [1.165, 1.54) is 12.1 Å². The van der Waals surface area contributed by atoms with Crippen LogP contribution >= 0.6 is 11.8 Å². The summed E-state index contributed by atoms with van der Waals surface area (Å²) in [6.45, 7) is 3.41. The van der Waals surface area contributed by atoms with Gasteiger partial charge < -0.3 is 5.32 Å². The molecular formula is C14H16F3N3S. The molecule has 0 unspecified atom stereocenters. The van der Waals surface area contributed by atoms with Crippen LogP contribution in [0.1, 0.15) is 18.0 Å². The van der Waals surface area contributed by atoms with E-state index in [9.17, 15) is 13.2 Å². The van der Waals surface area contributed by atoms with Crippen LogP contribution in [0.5, 0.6) is 0 Å². The summed E-state index contributed by atoms with van der Waals surface area (Å²) in [6, 6.07) is 8.45. The molecule has 1 saturated heterocycles. The minimum absolute atomic E-state index is 0.0537. The third-order valence-corrected chi connectivity index (χ3v) is 4.11. The van der Waals surface area contributed by atoms with Crippen molar-refractivity contribution >= 4 is 11.8 Å². The third-order valence-electron chi connectivity index (χ3n) is 3.38. The smallest absolute Gasteiger partial charge is 0.314 e. The molecule has 0 saturated carbocycles. The van der Waals surface area contributed by atoms with Crippen LogP contribution in [0.25, 0.3) is 0 Å². The maximum absolute atomic E-state index is 12.3. The molecule has 0 aliphatic carbocycles. The van der Waals surface area contributed by atoms with Crippen molar-refractivity contribution in [3.8, 4) is 6.07 Å². The monoisotopic (exact) mass is 315 g/mol. The zero-order valence-corrected chi connectivity index (χ0v) is 12.2. The molecule has 1 aliphatic rings. The Morgan fingerprint density at radius 3 is 2.38 bits per heavy atom. The highest BCUT2D eigenvalue weighted by Crippen LogP contribution is 2.37. The highest BCUT2D eigenvalue weighted by atomic mass is 32.2. The number of benzene rings is 1. The molecule has 0 amide bonds. The van der Waals surface area contributed by atoms with Crippen LogP contribution in [0.2, 0.25) is 0 Å². The Hall–Kier alpha value is -1.23. The fraction of sp³-hybridized carbons (Fsp3) is 0.500. The summed E-state index contributed by atoms with van der Waals surface area (Å²) >= 11 is -0.119. The van der Waals surface area contributed by atoms with Gasteiger partial charge in [-0.25, -0.2) is 0 Å². The Morgan fingerprint density at radius 2 is 1.86 bits per heavy atom. The number of piperazine rings is 1. The largest absolute Gasteiger partial charge is 0.446 e. The second-order valence-corrected chi connectivity index (χ2v) is 5.92. The first-order valence-electron chi connectivity index (χ1n) is 6.67. The van der Waals surface area contributed by atoms with Crippen LogP contribution in [0.4, 0.5) is 13.2 Å². The molecule has 3 nitrogen and oxygen atoms in total. The van der Waals surface area contributed by atoms with Gasteiger partial charge in [-0.05, 0) is 29.5 Å². The number of nitrogens with zero attached hydrogens (tertiary/aromatic N) is 2. The number of alkyl halides is 3.